The van der Waals surface area contributed by atoms with Crippen molar-refractivity contribution < 1.29 is 4.74 Å². The van der Waals surface area contributed by atoms with E-state index in [-0.39, 0.29) is 6.04 Å². The molecule has 0 aliphatic carbocycles. The van der Waals surface area contributed by atoms with Gasteiger partial charge in [0.1, 0.15) is 0 Å². The van der Waals surface area contributed by atoms with Gasteiger partial charge >= 0.3 is 0 Å². The predicted molar refractivity (Wildman–Crippen MR) is 79.8 cm³/mol. The van der Waals surface area contributed by atoms with Crippen molar-refractivity contribution in [2.24, 2.45) is 11.7 Å². The Morgan fingerprint density at radius 3 is 2.68 bits per heavy atom. The van der Waals surface area contributed by atoms with Crippen LogP contribution in [0.2, 0.25) is 10.0 Å². The van der Waals surface area contributed by atoms with Gasteiger partial charge in [0.2, 0.25) is 0 Å². The van der Waals surface area contributed by atoms with E-state index >= 15 is 0 Å². The molecular formula is C14H20Cl2N2O. The number of nitrogens with two attached hydrogens (primary N) is 1. The highest BCUT2D eigenvalue weighted by Crippen LogP contribution is 2.35. The number of methoxy groups -OCH3 is 1. The van der Waals surface area contributed by atoms with Crippen LogP contribution >= 0.6 is 23.2 Å². The fourth-order valence-electron chi connectivity index (χ4n) is 2.80. The first-order valence-corrected chi connectivity index (χ1v) is 7.30. The Kier molecular flexibility index (Phi) is 5.48. The molecule has 0 bridgehead atoms. The summed E-state index contributed by atoms with van der Waals surface area (Å²) in [6, 6.07) is 5.69. The summed E-state index contributed by atoms with van der Waals surface area (Å²) in [6.07, 6.45) is 1.13. The van der Waals surface area contributed by atoms with E-state index < -0.39 is 0 Å². The topological polar surface area (TPSA) is 38.5 Å². The van der Waals surface area contributed by atoms with Crippen LogP contribution in [0, 0.1) is 5.92 Å². The number of rotatable bonds is 5. The standard InChI is InChI=1S/C14H20Cl2N2O/c1-19-9-10-5-6-18(8-10)13(7-17)14-11(15)3-2-4-12(14)16/h2-4,10,13H,5-9,17H2,1H3. The third kappa shape index (κ3) is 3.41. The molecule has 106 valence electrons. The normalized spacial score (nSPS) is 21.8. The zero-order valence-corrected chi connectivity index (χ0v) is 12.6. The van der Waals surface area contributed by atoms with E-state index in [1.807, 2.05) is 18.2 Å². The van der Waals surface area contributed by atoms with Crippen LogP contribution in [0.15, 0.2) is 18.2 Å². The molecule has 0 saturated carbocycles. The van der Waals surface area contributed by atoms with Gasteiger partial charge in [-0.25, -0.2) is 0 Å². The molecule has 2 atom stereocenters. The van der Waals surface area contributed by atoms with Crippen molar-refractivity contribution in [1.29, 1.82) is 0 Å². The Bertz CT molecular complexity index is 408. The van der Waals surface area contributed by atoms with E-state index in [0.29, 0.717) is 22.5 Å². The fraction of sp³-hybridized carbons (Fsp3) is 0.571. The first-order chi connectivity index (χ1) is 9.17. The second-order valence-electron chi connectivity index (χ2n) is 4.99. The Morgan fingerprint density at radius 2 is 2.11 bits per heavy atom. The molecule has 2 unspecified atom stereocenters. The Labute approximate surface area is 124 Å². The van der Waals surface area contributed by atoms with Gasteiger partial charge in [-0.2, -0.15) is 0 Å². The van der Waals surface area contributed by atoms with Crippen LogP contribution in [-0.4, -0.2) is 38.3 Å². The first kappa shape index (κ1) is 15.1. The number of hydrogen-bond donors (Lipinski definition) is 1. The average Bonchev–Trinajstić information content (AvgIpc) is 2.83. The van der Waals surface area contributed by atoms with E-state index in [0.717, 1.165) is 31.7 Å². The van der Waals surface area contributed by atoms with Crippen LogP contribution in [0.4, 0.5) is 0 Å². The highest BCUT2D eigenvalue weighted by molar-refractivity contribution is 6.36. The quantitative estimate of drug-likeness (QED) is 0.909. The highest BCUT2D eigenvalue weighted by atomic mass is 35.5. The van der Waals surface area contributed by atoms with E-state index in [4.69, 9.17) is 33.7 Å². The summed E-state index contributed by atoms with van der Waals surface area (Å²) in [4.78, 5) is 2.36. The molecule has 1 aromatic rings. The number of nitrogens with zero attached hydrogens (tertiary/aromatic N) is 1. The molecule has 1 aromatic carbocycles. The molecule has 1 saturated heterocycles. The number of halogens is 2. The second-order valence-corrected chi connectivity index (χ2v) is 5.81. The summed E-state index contributed by atoms with van der Waals surface area (Å²) >= 11 is 12.6. The summed E-state index contributed by atoms with van der Waals surface area (Å²) in [6.45, 7) is 3.31. The van der Waals surface area contributed by atoms with Gasteiger partial charge in [0.25, 0.3) is 0 Å². The van der Waals surface area contributed by atoms with Crippen molar-refractivity contribution in [3.63, 3.8) is 0 Å². The summed E-state index contributed by atoms with van der Waals surface area (Å²) in [7, 11) is 1.74. The van der Waals surface area contributed by atoms with Gasteiger partial charge in [0, 0.05) is 41.8 Å². The molecule has 19 heavy (non-hydrogen) atoms. The van der Waals surface area contributed by atoms with Crippen molar-refractivity contribution in [2.45, 2.75) is 12.5 Å². The second kappa shape index (κ2) is 6.91. The molecule has 2 N–H and O–H groups in total. The molecule has 1 fully saturated rings. The summed E-state index contributed by atoms with van der Waals surface area (Å²) in [5.41, 5.74) is 6.90. The van der Waals surface area contributed by atoms with Crippen molar-refractivity contribution >= 4 is 23.2 Å². The average molecular weight is 303 g/mol. The lowest BCUT2D eigenvalue weighted by Crippen LogP contribution is -2.32. The Balaban J connectivity index is 2.17. The third-order valence-corrected chi connectivity index (χ3v) is 4.38. The number of ether oxygens (including phenoxy) is 1. The molecule has 0 radical (unpaired) electrons. The molecule has 2 rings (SSSR count). The SMILES string of the molecule is COCC1CCN(C(CN)c2c(Cl)cccc2Cl)C1. The van der Waals surface area contributed by atoms with Gasteiger partial charge in [0.05, 0.1) is 6.61 Å². The van der Waals surface area contributed by atoms with Crippen LogP contribution in [0.5, 0.6) is 0 Å². The molecule has 1 aliphatic heterocycles. The van der Waals surface area contributed by atoms with Crippen LogP contribution < -0.4 is 5.73 Å². The third-order valence-electron chi connectivity index (χ3n) is 3.72. The fourth-order valence-corrected chi connectivity index (χ4v) is 3.45. The minimum Gasteiger partial charge on any atom is -0.384 e. The van der Waals surface area contributed by atoms with Gasteiger partial charge in [0.15, 0.2) is 0 Å². The Hall–Kier alpha value is -0.320. The minimum atomic E-state index is 0.0862. The van der Waals surface area contributed by atoms with Crippen LogP contribution in [0.1, 0.15) is 18.0 Å². The molecule has 0 amide bonds. The number of benzene rings is 1. The first-order valence-electron chi connectivity index (χ1n) is 6.54. The maximum absolute atomic E-state index is 6.29. The van der Waals surface area contributed by atoms with E-state index in [2.05, 4.69) is 4.90 Å². The molecule has 0 spiro atoms. The molecule has 0 aromatic heterocycles. The van der Waals surface area contributed by atoms with Gasteiger partial charge < -0.3 is 10.5 Å². The largest absolute Gasteiger partial charge is 0.384 e. The van der Waals surface area contributed by atoms with Gasteiger partial charge in [-0.15, -0.1) is 0 Å². The summed E-state index contributed by atoms with van der Waals surface area (Å²) in [5, 5.41) is 1.39. The van der Waals surface area contributed by atoms with E-state index in [1.54, 1.807) is 7.11 Å². The summed E-state index contributed by atoms with van der Waals surface area (Å²) < 4.78 is 5.23. The van der Waals surface area contributed by atoms with Gasteiger partial charge in [-0.1, -0.05) is 29.3 Å². The maximum atomic E-state index is 6.29. The van der Waals surface area contributed by atoms with Crippen LogP contribution in [0.25, 0.3) is 0 Å². The van der Waals surface area contributed by atoms with Crippen molar-refractivity contribution in [2.75, 3.05) is 33.4 Å². The van der Waals surface area contributed by atoms with Gasteiger partial charge in [-0.05, 0) is 31.0 Å². The van der Waals surface area contributed by atoms with E-state index in [1.165, 1.54) is 0 Å². The smallest absolute Gasteiger partial charge is 0.0503 e. The summed E-state index contributed by atoms with van der Waals surface area (Å²) in [5.74, 6) is 0.570. The lowest BCUT2D eigenvalue weighted by atomic mass is 10.1. The van der Waals surface area contributed by atoms with Crippen molar-refractivity contribution in [3.8, 4) is 0 Å². The zero-order chi connectivity index (χ0) is 13.8. The predicted octanol–water partition coefficient (Wildman–Crippen LogP) is 2.96. The lowest BCUT2D eigenvalue weighted by Gasteiger charge is -2.28. The minimum absolute atomic E-state index is 0.0862. The molecule has 1 heterocycles. The van der Waals surface area contributed by atoms with E-state index in [9.17, 15) is 0 Å². The molecule has 3 nitrogen and oxygen atoms in total. The van der Waals surface area contributed by atoms with Crippen molar-refractivity contribution in [3.05, 3.63) is 33.8 Å². The van der Waals surface area contributed by atoms with Crippen LogP contribution in [0.3, 0.4) is 0 Å². The molecular weight excluding hydrogens is 283 g/mol. The zero-order valence-electron chi connectivity index (χ0n) is 11.1. The Morgan fingerprint density at radius 1 is 1.42 bits per heavy atom. The maximum Gasteiger partial charge on any atom is 0.0503 e. The van der Waals surface area contributed by atoms with Crippen molar-refractivity contribution in [1.82, 2.24) is 4.90 Å². The number of hydrogen-bond acceptors (Lipinski definition) is 3. The lowest BCUT2D eigenvalue weighted by molar-refractivity contribution is 0.147. The molecule has 1 aliphatic rings. The molecule has 5 heteroatoms. The monoisotopic (exact) mass is 302 g/mol. The van der Waals surface area contributed by atoms with Crippen LogP contribution in [-0.2, 0) is 4.74 Å². The highest BCUT2D eigenvalue weighted by Gasteiger charge is 2.30. The van der Waals surface area contributed by atoms with Gasteiger partial charge in [-0.3, -0.25) is 4.90 Å². The number of likely N-dealkylation sites (tertiary alicyclic amines) is 1.